The Hall–Kier alpha value is -0.950. The van der Waals surface area contributed by atoms with Crippen LogP contribution in [0.3, 0.4) is 0 Å². The van der Waals surface area contributed by atoms with Crippen molar-refractivity contribution in [2.45, 2.75) is 32.4 Å². The summed E-state index contributed by atoms with van der Waals surface area (Å²) in [7, 11) is -3.60. The van der Waals surface area contributed by atoms with Crippen LogP contribution in [0.5, 0.6) is 0 Å². The summed E-state index contributed by atoms with van der Waals surface area (Å²) in [4.78, 5) is 0. The molecule has 0 fully saturated rings. The molecule has 0 saturated heterocycles. The first-order chi connectivity index (χ1) is 8.20. The van der Waals surface area contributed by atoms with E-state index in [1.54, 1.807) is 45.0 Å². The standard InChI is InChI=1S/C12H20N2O3S/c1-12(2,3)14-18(16,17)13-9-11(15)10-7-5-4-6-8-10/h4-8,11,13-15H,9H2,1-3H3. The molecule has 1 unspecified atom stereocenters. The molecule has 0 radical (unpaired) electrons. The van der Waals surface area contributed by atoms with Gasteiger partial charge in [0.25, 0.3) is 10.2 Å². The lowest BCUT2D eigenvalue weighted by Gasteiger charge is -2.21. The van der Waals surface area contributed by atoms with Crippen molar-refractivity contribution in [3.05, 3.63) is 35.9 Å². The Morgan fingerprint density at radius 1 is 1.22 bits per heavy atom. The molecule has 0 aliphatic rings. The summed E-state index contributed by atoms with van der Waals surface area (Å²) >= 11 is 0. The molecule has 0 saturated carbocycles. The van der Waals surface area contributed by atoms with Crippen molar-refractivity contribution in [1.82, 2.24) is 9.44 Å². The van der Waals surface area contributed by atoms with Gasteiger partial charge < -0.3 is 5.11 Å². The van der Waals surface area contributed by atoms with Crippen LogP contribution in [0.2, 0.25) is 0 Å². The Labute approximate surface area is 108 Å². The Balaban J connectivity index is 2.56. The van der Waals surface area contributed by atoms with E-state index in [2.05, 4.69) is 9.44 Å². The normalized spacial score (nSPS) is 14.4. The number of hydrogen-bond acceptors (Lipinski definition) is 3. The topological polar surface area (TPSA) is 78.4 Å². The van der Waals surface area contributed by atoms with Gasteiger partial charge >= 0.3 is 0 Å². The predicted octanol–water partition coefficient (Wildman–Crippen LogP) is 0.942. The fourth-order valence-electron chi connectivity index (χ4n) is 1.42. The first-order valence-corrected chi connectivity index (χ1v) is 7.19. The first-order valence-electron chi connectivity index (χ1n) is 5.71. The Morgan fingerprint density at radius 3 is 2.28 bits per heavy atom. The van der Waals surface area contributed by atoms with Gasteiger partial charge in [-0.1, -0.05) is 30.3 Å². The quantitative estimate of drug-likeness (QED) is 0.746. The molecule has 1 rings (SSSR count). The van der Waals surface area contributed by atoms with E-state index in [1.807, 2.05) is 6.07 Å². The van der Waals surface area contributed by atoms with E-state index >= 15 is 0 Å². The second-order valence-electron chi connectivity index (χ2n) is 5.13. The second kappa shape index (κ2) is 5.79. The molecule has 1 atom stereocenters. The van der Waals surface area contributed by atoms with E-state index in [0.717, 1.165) is 0 Å². The van der Waals surface area contributed by atoms with Crippen molar-refractivity contribution < 1.29 is 13.5 Å². The zero-order valence-corrected chi connectivity index (χ0v) is 11.7. The van der Waals surface area contributed by atoms with Gasteiger partial charge in [0.15, 0.2) is 0 Å². The molecule has 5 nitrogen and oxygen atoms in total. The van der Waals surface area contributed by atoms with E-state index < -0.39 is 21.9 Å². The van der Waals surface area contributed by atoms with Gasteiger partial charge in [-0.05, 0) is 26.3 Å². The highest BCUT2D eigenvalue weighted by Gasteiger charge is 2.20. The lowest BCUT2D eigenvalue weighted by Crippen LogP contribution is -2.47. The zero-order chi connectivity index (χ0) is 13.8. The third kappa shape index (κ3) is 5.59. The summed E-state index contributed by atoms with van der Waals surface area (Å²) in [6, 6.07) is 8.91. The molecular formula is C12H20N2O3S. The van der Waals surface area contributed by atoms with Crippen molar-refractivity contribution in [2.24, 2.45) is 0 Å². The van der Waals surface area contributed by atoms with E-state index in [4.69, 9.17) is 0 Å². The smallest absolute Gasteiger partial charge is 0.277 e. The van der Waals surface area contributed by atoms with Gasteiger partial charge in [-0.25, -0.2) is 0 Å². The third-order valence-corrected chi connectivity index (χ3v) is 3.52. The highest BCUT2D eigenvalue weighted by atomic mass is 32.2. The molecule has 3 N–H and O–H groups in total. The van der Waals surface area contributed by atoms with Crippen LogP contribution in [-0.2, 0) is 10.2 Å². The van der Waals surface area contributed by atoms with Crippen LogP contribution in [0.25, 0.3) is 0 Å². The van der Waals surface area contributed by atoms with Crippen LogP contribution in [0.1, 0.15) is 32.4 Å². The fraction of sp³-hybridized carbons (Fsp3) is 0.500. The van der Waals surface area contributed by atoms with E-state index in [9.17, 15) is 13.5 Å². The lowest BCUT2D eigenvalue weighted by molar-refractivity contribution is 0.181. The van der Waals surface area contributed by atoms with Crippen molar-refractivity contribution in [1.29, 1.82) is 0 Å². The summed E-state index contributed by atoms with van der Waals surface area (Å²) in [5, 5.41) is 9.83. The Bertz CT molecular complexity index is 466. The van der Waals surface area contributed by atoms with Crippen LogP contribution in [0, 0.1) is 0 Å². The molecule has 0 spiro atoms. The van der Waals surface area contributed by atoms with Crippen LogP contribution in [0.15, 0.2) is 30.3 Å². The van der Waals surface area contributed by atoms with Crippen LogP contribution in [-0.4, -0.2) is 25.6 Å². The lowest BCUT2D eigenvalue weighted by atomic mass is 10.1. The van der Waals surface area contributed by atoms with Gasteiger partial charge in [0, 0.05) is 12.1 Å². The van der Waals surface area contributed by atoms with Gasteiger partial charge in [-0.15, -0.1) is 0 Å². The number of aliphatic hydroxyl groups excluding tert-OH is 1. The third-order valence-electron chi connectivity index (χ3n) is 2.09. The summed E-state index contributed by atoms with van der Waals surface area (Å²) in [6.07, 6.45) is -0.859. The summed E-state index contributed by atoms with van der Waals surface area (Å²) < 4.78 is 28.1. The fourth-order valence-corrected chi connectivity index (χ4v) is 2.68. The van der Waals surface area contributed by atoms with Crippen molar-refractivity contribution in [2.75, 3.05) is 6.54 Å². The maximum absolute atomic E-state index is 11.6. The van der Waals surface area contributed by atoms with Gasteiger partial charge in [-0.3, -0.25) is 0 Å². The van der Waals surface area contributed by atoms with Gasteiger partial charge in [0.05, 0.1) is 6.10 Å². The molecule has 0 aromatic heterocycles. The minimum Gasteiger partial charge on any atom is -0.387 e. The maximum atomic E-state index is 11.6. The summed E-state index contributed by atoms with van der Waals surface area (Å²) in [6.45, 7) is 5.19. The molecule has 0 amide bonds. The SMILES string of the molecule is CC(C)(C)NS(=O)(=O)NCC(O)c1ccccc1. The molecule has 0 heterocycles. The highest BCUT2D eigenvalue weighted by Crippen LogP contribution is 2.11. The molecule has 6 heteroatoms. The first kappa shape index (κ1) is 15.1. The molecule has 0 bridgehead atoms. The number of hydrogen-bond donors (Lipinski definition) is 3. The average molecular weight is 272 g/mol. The largest absolute Gasteiger partial charge is 0.387 e. The second-order valence-corrected chi connectivity index (χ2v) is 6.63. The number of benzene rings is 1. The minimum atomic E-state index is -3.60. The summed E-state index contributed by atoms with van der Waals surface area (Å²) in [5.41, 5.74) is 0.125. The maximum Gasteiger partial charge on any atom is 0.277 e. The van der Waals surface area contributed by atoms with Gasteiger partial charge in [-0.2, -0.15) is 17.9 Å². The molecule has 1 aromatic rings. The summed E-state index contributed by atoms with van der Waals surface area (Å²) in [5.74, 6) is 0. The van der Waals surface area contributed by atoms with Gasteiger partial charge in [0.1, 0.15) is 0 Å². The average Bonchev–Trinajstić information content (AvgIpc) is 2.24. The number of rotatable bonds is 5. The number of nitrogens with one attached hydrogen (secondary N) is 2. The van der Waals surface area contributed by atoms with Crippen LogP contribution < -0.4 is 9.44 Å². The highest BCUT2D eigenvalue weighted by molar-refractivity contribution is 7.87. The van der Waals surface area contributed by atoms with Crippen molar-refractivity contribution in [3.63, 3.8) is 0 Å². The number of aliphatic hydroxyl groups is 1. The van der Waals surface area contributed by atoms with Crippen molar-refractivity contribution >= 4 is 10.2 Å². The molecule has 0 aliphatic heterocycles. The van der Waals surface area contributed by atoms with Crippen LogP contribution in [0.4, 0.5) is 0 Å². The van der Waals surface area contributed by atoms with E-state index in [1.165, 1.54) is 0 Å². The minimum absolute atomic E-state index is 0.0601. The molecular weight excluding hydrogens is 252 g/mol. The van der Waals surface area contributed by atoms with E-state index in [-0.39, 0.29) is 6.54 Å². The van der Waals surface area contributed by atoms with Gasteiger partial charge in [0.2, 0.25) is 0 Å². The zero-order valence-electron chi connectivity index (χ0n) is 10.8. The molecule has 102 valence electrons. The monoisotopic (exact) mass is 272 g/mol. The Kier molecular flexibility index (Phi) is 4.86. The molecule has 18 heavy (non-hydrogen) atoms. The van der Waals surface area contributed by atoms with Crippen molar-refractivity contribution in [3.8, 4) is 0 Å². The molecule has 0 aliphatic carbocycles. The molecule has 1 aromatic carbocycles. The predicted molar refractivity (Wildman–Crippen MR) is 71.2 cm³/mol. The van der Waals surface area contributed by atoms with Crippen LogP contribution >= 0.6 is 0 Å². The van der Waals surface area contributed by atoms with E-state index in [0.29, 0.717) is 5.56 Å². The Morgan fingerprint density at radius 2 is 1.78 bits per heavy atom.